The fourth-order valence-electron chi connectivity index (χ4n) is 2.68. The highest BCUT2D eigenvalue weighted by atomic mass is 16.5. The lowest BCUT2D eigenvalue weighted by Gasteiger charge is -2.29. The molecule has 1 saturated heterocycles. The Balaban J connectivity index is 1.72. The van der Waals surface area contributed by atoms with Crippen LogP contribution in [-0.4, -0.2) is 62.3 Å². The summed E-state index contributed by atoms with van der Waals surface area (Å²) in [5, 5.41) is 6.64. The number of guanidine groups is 1. The summed E-state index contributed by atoms with van der Waals surface area (Å²) >= 11 is 0. The molecule has 1 aromatic rings. The number of nitrogens with one attached hydrogen (secondary N) is 2. The van der Waals surface area contributed by atoms with Gasteiger partial charge in [-0.05, 0) is 5.92 Å². The fourth-order valence-corrected chi connectivity index (χ4v) is 2.68. The highest BCUT2D eigenvalue weighted by molar-refractivity contribution is 5.79. The Bertz CT molecular complexity index is 544. The second kappa shape index (κ2) is 9.20. The van der Waals surface area contributed by atoms with Crippen molar-refractivity contribution >= 4 is 5.96 Å². The van der Waals surface area contributed by atoms with Gasteiger partial charge in [-0.2, -0.15) is 0 Å². The molecule has 0 saturated carbocycles. The number of hydrogen-bond donors (Lipinski definition) is 2. The van der Waals surface area contributed by atoms with Gasteiger partial charge in [0.1, 0.15) is 5.76 Å². The van der Waals surface area contributed by atoms with Crippen LogP contribution < -0.4 is 10.6 Å². The first-order chi connectivity index (χ1) is 11.9. The lowest BCUT2D eigenvalue weighted by atomic mass is 9.94. The van der Waals surface area contributed by atoms with Crippen molar-refractivity contribution < 1.29 is 9.15 Å². The zero-order valence-corrected chi connectivity index (χ0v) is 16.3. The van der Waals surface area contributed by atoms with Crippen LogP contribution in [0.3, 0.4) is 0 Å². The van der Waals surface area contributed by atoms with Gasteiger partial charge in [-0.3, -0.25) is 9.89 Å². The Morgan fingerprint density at radius 3 is 2.64 bits per heavy atom. The predicted octanol–water partition coefficient (Wildman–Crippen LogP) is 1.61. The summed E-state index contributed by atoms with van der Waals surface area (Å²) in [5.41, 5.74) is -0.0277. The molecule has 25 heavy (non-hydrogen) atoms. The molecule has 0 bridgehead atoms. The van der Waals surface area contributed by atoms with Crippen molar-refractivity contribution in [2.75, 3.05) is 46.4 Å². The molecule has 2 N–H and O–H groups in total. The molecule has 1 unspecified atom stereocenters. The van der Waals surface area contributed by atoms with Gasteiger partial charge < -0.3 is 19.8 Å². The average molecular weight is 351 g/mol. The van der Waals surface area contributed by atoms with Gasteiger partial charge in [0.05, 0.1) is 26.0 Å². The quantitative estimate of drug-likeness (QED) is 0.599. The van der Waals surface area contributed by atoms with Gasteiger partial charge in [-0.15, -0.1) is 0 Å². The summed E-state index contributed by atoms with van der Waals surface area (Å²) in [5.74, 6) is 2.87. The number of aromatic nitrogens is 1. The molecule has 0 amide bonds. The van der Waals surface area contributed by atoms with Crippen LogP contribution in [0.1, 0.15) is 39.3 Å². The third-order valence-electron chi connectivity index (χ3n) is 4.21. The van der Waals surface area contributed by atoms with E-state index in [2.05, 4.69) is 53.2 Å². The van der Waals surface area contributed by atoms with Gasteiger partial charge in [0.15, 0.2) is 5.96 Å². The molecule has 142 valence electrons. The van der Waals surface area contributed by atoms with Gasteiger partial charge in [-0.25, -0.2) is 4.98 Å². The number of aliphatic imine (C=N–C) groups is 1. The standard InChI is InChI=1S/C18H33N5O2/c1-14(13-23-6-8-24-9-7-23)10-21-17(19-5)22-12-16-20-11-15(25-16)18(2,3)4/h11,14H,6-10,12-13H2,1-5H3,(H2,19,21,22). The van der Waals surface area contributed by atoms with Crippen LogP contribution in [0.5, 0.6) is 0 Å². The van der Waals surface area contributed by atoms with Gasteiger partial charge in [0.2, 0.25) is 5.89 Å². The van der Waals surface area contributed by atoms with E-state index < -0.39 is 0 Å². The molecule has 2 rings (SSSR count). The van der Waals surface area contributed by atoms with Crippen molar-refractivity contribution in [1.82, 2.24) is 20.5 Å². The van der Waals surface area contributed by atoms with E-state index in [4.69, 9.17) is 9.15 Å². The van der Waals surface area contributed by atoms with E-state index in [0.717, 1.165) is 51.1 Å². The molecular formula is C18H33N5O2. The van der Waals surface area contributed by atoms with E-state index in [1.54, 1.807) is 13.2 Å². The van der Waals surface area contributed by atoms with Gasteiger partial charge in [0, 0.05) is 38.6 Å². The van der Waals surface area contributed by atoms with Gasteiger partial charge in [0.25, 0.3) is 0 Å². The van der Waals surface area contributed by atoms with Crippen molar-refractivity contribution in [2.24, 2.45) is 10.9 Å². The maximum atomic E-state index is 5.79. The monoisotopic (exact) mass is 351 g/mol. The predicted molar refractivity (Wildman–Crippen MR) is 99.8 cm³/mol. The molecule has 2 heterocycles. The minimum Gasteiger partial charge on any atom is -0.443 e. The largest absolute Gasteiger partial charge is 0.443 e. The summed E-state index contributed by atoms with van der Waals surface area (Å²) in [6.45, 7) is 14.8. The number of hydrogen-bond acceptors (Lipinski definition) is 5. The Morgan fingerprint density at radius 1 is 1.32 bits per heavy atom. The smallest absolute Gasteiger partial charge is 0.213 e. The fraction of sp³-hybridized carbons (Fsp3) is 0.778. The number of ether oxygens (including phenoxy) is 1. The Hall–Kier alpha value is -1.60. The van der Waals surface area contributed by atoms with Crippen LogP contribution >= 0.6 is 0 Å². The molecule has 0 spiro atoms. The van der Waals surface area contributed by atoms with Gasteiger partial charge in [-0.1, -0.05) is 27.7 Å². The Labute approximate surface area is 151 Å². The minimum absolute atomic E-state index is 0.0277. The molecule has 0 aromatic carbocycles. The zero-order valence-electron chi connectivity index (χ0n) is 16.3. The summed E-state index contributed by atoms with van der Waals surface area (Å²) in [6.07, 6.45) is 1.80. The van der Waals surface area contributed by atoms with Crippen molar-refractivity contribution in [3.63, 3.8) is 0 Å². The van der Waals surface area contributed by atoms with Crippen LogP contribution in [0.15, 0.2) is 15.6 Å². The lowest BCUT2D eigenvalue weighted by molar-refractivity contribution is 0.0320. The highest BCUT2D eigenvalue weighted by Crippen LogP contribution is 2.22. The summed E-state index contributed by atoms with van der Waals surface area (Å²) in [6, 6.07) is 0. The Kier molecular flexibility index (Phi) is 7.25. The first-order valence-electron chi connectivity index (χ1n) is 9.08. The van der Waals surface area contributed by atoms with E-state index in [0.29, 0.717) is 18.4 Å². The van der Waals surface area contributed by atoms with Crippen molar-refractivity contribution in [2.45, 2.75) is 39.7 Å². The molecule has 7 nitrogen and oxygen atoms in total. The van der Waals surface area contributed by atoms with Crippen LogP contribution in [0.4, 0.5) is 0 Å². The summed E-state index contributed by atoms with van der Waals surface area (Å²) < 4.78 is 11.2. The van der Waals surface area contributed by atoms with Crippen LogP contribution in [-0.2, 0) is 16.7 Å². The second-order valence-electron chi connectivity index (χ2n) is 7.69. The van der Waals surface area contributed by atoms with E-state index >= 15 is 0 Å². The molecule has 1 fully saturated rings. The normalized spacial score (nSPS) is 18.2. The van der Waals surface area contributed by atoms with E-state index in [9.17, 15) is 0 Å². The topological polar surface area (TPSA) is 74.9 Å². The minimum atomic E-state index is -0.0277. The summed E-state index contributed by atoms with van der Waals surface area (Å²) in [7, 11) is 1.78. The van der Waals surface area contributed by atoms with E-state index in [1.165, 1.54) is 0 Å². The molecule has 1 aliphatic heterocycles. The van der Waals surface area contributed by atoms with E-state index in [-0.39, 0.29) is 5.41 Å². The molecule has 1 atom stereocenters. The number of oxazole rings is 1. The van der Waals surface area contributed by atoms with Crippen molar-refractivity contribution in [3.8, 4) is 0 Å². The first-order valence-corrected chi connectivity index (χ1v) is 9.08. The maximum Gasteiger partial charge on any atom is 0.213 e. The molecule has 1 aromatic heterocycles. The summed E-state index contributed by atoms with van der Waals surface area (Å²) in [4.78, 5) is 11.1. The van der Waals surface area contributed by atoms with Crippen molar-refractivity contribution in [1.29, 1.82) is 0 Å². The van der Waals surface area contributed by atoms with Crippen LogP contribution in [0.25, 0.3) is 0 Å². The molecule has 0 aliphatic carbocycles. The SMILES string of the molecule is CN=C(NCc1ncc(C(C)(C)C)o1)NCC(C)CN1CCOCC1. The number of rotatable bonds is 6. The highest BCUT2D eigenvalue weighted by Gasteiger charge is 2.19. The third-order valence-corrected chi connectivity index (χ3v) is 4.21. The zero-order chi connectivity index (χ0) is 18.3. The Morgan fingerprint density at radius 2 is 2.04 bits per heavy atom. The van der Waals surface area contributed by atoms with Gasteiger partial charge >= 0.3 is 0 Å². The van der Waals surface area contributed by atoms with Crippen LogP contribution in [0.2, 0.25) is 0 Å². The molecule has 0 radical (unpaired) electrons. The van der Waals surface area contributed by atoms with Crippen molar-refractivity contribution in [3.05, 3.63) is 17.8 Å². The molecule has 1 aliphatic rings. The first kappa shape index (κ1) is 19.7. The average Bonchev–Trinajstić information content (AvgIpc) is 3.05. The second-order valence-corrected chi connectivity index (χ2v) is 7.69. The lowest BCUT2D eigenvalue weighted by Crippen LogP contribution is -2.43. The van der Waals surface area contributed by atoms with E-state index in [1.807, 2.05) is 0 Å². The molecule has 7 heteroatoms. The number of nitrogens with zero attached hydrogens (tertiary/aromatic N) is 3. The maximum absolute atomic E-state index is 5.79. The number of morpholine rings is 1. The molecular weight excluding hydrogens is 318 g/mol. The van der Waals surface area contributed by atoms with Crippen LogP contribution in [0, 0.1) is 5.92 Å². The third kappa shape index (κ3) is 6.66.